The highest BCUT2D eigenvalue weighted by Crippen LogP contribution is 2.32. The van der Waals surface area contributed by atoms with Crippen molar-refractivity contribution in [3.8, 4) is 0 Å². The van der Waals surface area contributed by atoms with Gasteiger partial charge in [-0.1, -0.05) is 41.6 Å². The Morgan fingerprint density at radius 1 is 1.08 bits per heavy atom. The maximum absolute atomic E-state index is 6.11. The summed E-state index contributed by atoms with van der Waals surface area (Å²) in [6, 6.07) is 16.3. The van der Waals surface area contributed by atoms with Gasteiger partial charge >= 0.3 is 0 Å². The molecule has 0 atom stereocenters. The third-order valence-electron chi connectivity index (χ3n) is 4.42. The number of rotatable bonds is 4. The molecular formula is C19H20N4O. The van der Waals surface area contributed by atoms with E-state index in [1.54, 1.807) is 0 Å². The monoisotopic (exact) mass is 320 g/mol. The summed E-state index contributed by atoms with van der Waals surface area (Å²) in [4.78, 5) is 6.82. The molecule has 0 saturated heterocycles. The Balaban J connectivity index is 1.50. The Bertz CT molecular complexity index is 828. The highest BCUT2D eigenvalue weighted by molar-refractivity contribution is 5.66. The summed E-state index contributed by atoms with van der Waals surface area (Å²) in [6.07, 6.45) is 2.81. The third-order valence-corrected chi connectivity index (χ3v) is 4.42. The molecule has 3 aromatic rings. The summed E-state index contributed by atoms with van der Waals surface area (Å²) in [5, 5.41) is 4.11. The Kier molecular flexibility index (Phi) is 3.91. The molecule has 0 fully saturated rings. The smallest absolute Gasteiger partial charge is 0.246 e. The molecule has 1 aliphatic heterocycles. The van der Waals surface area contributed by atoms with Crippen LogP contribution in [0.2, 0.25) is 0 Å². The largest absolute Gasteiger partial charge is 0.398 e. The van der Waals surface area contributed by atoms with E-state index in [1.807, 2.05) is 30.3 Å². The predicted octanol–water partition coefficient (Wildman–Crippen LogP) is 3.20. The molecule has 0 saturated carbocycles. The van der Waals surface area contributed by atoms with E-state index in [0.717, 1.165) is 30.9 Å². The number of nitrogen functional groups attached to an aromatic ring is 1. The lowest BCUT2D eigenvalue weighted by atomic mass is 10.00. The van der Waals surface area contributed by atoms with Crippen LogP contribution in [0.4, 0.5) is 11.4 Å². The van der Waals surface area contributed by atoms with Gasteiger partial charge in [0.05, 0.1) is 6.54 Å². The molecule has 1 aromatic heterocycles. The van der Waals surface area contributed by atoms with Crippen molar-refractivity contribution in [1.29, 1.82) is 0 Å². The van der Waals surface area contributed by atoms with Gasteiger partial charge in [0.2, 0.25) is 5.89 Å². The average Bonchev–Trinajstić information content (AvgIpc) is 3.04. The van der Waals surface area contributed by atoms with Crippen molar-refractivity contribution in [3.05, 3.63) is 71.4 Å². The number of fused-ring (bicyclic) bond motifs is 1. The van der Waals surface area contributed by atoms with E-state index in [0.29, 0.717) is 18.9 Å². The molecule has 0 bridgehead atoms. The van der Waals surface area contributed by atoms with Crippen LogP contribution >= 0.6 is 0 Å². The van der Waals surface area contributed by atoms with Gasteiger partial charge < -0.3 is 15.2 Å². The van der Waals surface area contributed by atoms with Crippen molar-refractivity contribution in [3.63, 3.8) is 0 Å². The number of aromatic nitrogens is 2. The molecule has 0 aliphatic carbocycles. The highest BCUT2D eigenvalue weighted by Gasteiger charge is 2.20. The topological polar surface area (TPSA) is 68.2 Å². The summed E-state index contributed by atoms with van der Waals surface area (Å²) in [5.74, 6) is 1.37. The van der Waals surface area contributed by atoms with Gasteiger partial charge in [0.1, 0.15) is 0 Å². The molecule has 2 heterocycles. The summed E-state index contributed by atoms with van der Waals surface area (Å²) in [7, 11) is 0. The number of hydrogen-bond donors (Lipinski definition) is 1. The van der Waals surface area contributed by atoms with Crippen LogP contribution in [0.25, 0.3) is 0 Å². The van der Waals surface area contributed by atoms with E-state index in [1.165, 1.54) is 16.8 Å². The molecule has 1 aliphatic rings. The van der Waals surface area contributed by atoms with E-state index >= 15 is 0 Å². The summed E-state index contributed by atoms with van der Waals surface area (Å²) >= 11 is 0. The van der Waals surface area contributed by atoms with E-state index in [9.17, 15) is 0 Å². The van der Waals surface area contributed by atoms with E-state index in [4.69, 9.17) is 10.3 Å². The molecule has 0 spiro atoms. The van der Waals surface area contributed by atoms with Gasteiger partial charge in [-0.25, -0.2) is 0 Å². The van der Waals surface area contributed by atoms with Crippen molar-refractivity contribution in [2.75, 3.05) is 17.2 Å². The van der Waals surface area contributed by atoms with E-state index < -0.39 is 0 Å². The van der Waals surface area contributed by atoms with Crippen LogP contribution in [0, 0.1) is 0 Å². The van der Waals surface area contributed by atoms with Gasteiger partial charge in [0.15, 0.2) is 5.82 Å². The van der Waals surface area contributed by atoms with Crippen LogP contribution in [0.3, 0.4) is 0 Å². The fourth-order valence-electron chi connectivity index (χ4n) is 3.26. The molecular weight excluding hydrogens is 300 g/mol. The van der Waals surface area contributed by atoms with Gasteiger partial charge in [-0.2, -0.15) is 4.98 Å². The van der Waals surface area contributed by atoms with Gasteiger partial charge in [0, 0.05) is 24.3 Å². The van der Waals surface area contributed by atoms with E-state index in [2.05, 4.69) is 33.2 Å². The molecule has 0 radical (unpaired) electrons. The summed E-state index contributed by atoms with van der Waals surface area (Å²) in [5.41, 5.74) is 10.6. The predicted molar refractivity (Wildman–Crippen MR) is 93.8 cm³/mol. The first kappa shape index (κ1) is 14.8. The maximum Gasteiger partial charge on any atom is 0.246 e. The maximum atomic E-state index is 6.11. The van der Waals surface area contributed by atoms with Crippen molar-refractivity contribution in [2.24, 2.45) is 0 Å². The second kappa shape index (κ2) is 6.35. The second-order valence-electron chi connectivity index (χ2n) is 6.14. The molecule has 0 amide bonds. The number of nitrogens with zero attached hydrogens (tertiary/aromatic N) is 3. The van der Waals surface area contributed by atoms with Gasteiger partial charge in [-0.15, -0.1) is 0 Å². The SMILES string of the molecule is Nc1cccc2c1CCCN2Cc1nc(Cc2ccccc2)no1. The first-order valence-electron chi connectivity index (χ1n) is 8.27. The lowest BCUT2D eigenvalue weighted by Crippen LogP contribution is -2.29. The molecule has 5 nitrogen and oxygen atoms in total. The lowest BCUT2D eigenvalue weighted by Gasteiger charge is -2.30. The summed E-state index contributed by atoms with van der Waals surface area (Å²) < 4.78 is 5.45. The normalized spacial score (nSPS) is 13.8. The quantitative estimate of drug-likeness (QED) is 0.748. The standard InChI is InChI=1S/C19H20N4O/c20-16-9-4-10-17-15(16)8-5-11-23(17)13-19-21-18(22-24-19)12-14-6-2-1-3-7-14/h1-4,6-7,9-10H,5,8,11-13,20H2. The molecule has 0 unspecified atom stereocenters. The molecule has 24 heavy (non-hydrogen) atoms. The average molecular weight is 320 g/mol. The fraction of sp³-hybridized carbons (Fsp3) is 0.263. The minimum atomic E-state index is 0.623. The first-order valence-corrected chi connectivity index (χ1v) is 8.27. The van der Waals surface area contributed by atoms with Gasteiger partial charge in [-0.3, -0.25) is 0 Å². The van der Waals surface area contributed by atoms with Crippen LogP contribution < -0.4 is 10.6 Å². The third kappa shape index (κ3) is 2.97. The van der Waals surface area contributed by atoms with Crippen LogP contribution in [0.15, 0.2) is 53.1 Å². The van der Waals surface area contributed by atoms with E-state index in [-0.39, 0.29) is 0 Å². The zero-order valence-corrected chi connectivity index (χ0v) is 13.5. The fourth-order valence-corrected chi connectivity index (χ4v) is 3.26. The Hall–Kier alpha value is -2.82. The molecule has 2 N–H and O–H groups in total. The van der Waals surface area contributed by atoms with Crippen LogP contribution in [0.5, 0.6) is 0 Å². The zero-order chi connectivity index (χ0) is 16.4. The second-order valence-corrected chi connectivity index (χ2v) is 6.14. The van der Waals surface area contributed by atoms with Crippen molar-refractivity contribution < 1.29 is 4.52 Å². The van der Waals surface area contributed by atoms with Crippen LogP contribution in [-0.4, -0.2) is 16.7 Å². The number of hydrogen-bond acceptors (Lipinski definition) is 5. The lowest BCUT2D eigenvalue weighted by molar-refractivity contribution is 0.370. The first-order chi connectivity index (χ1) is 11.8. The number of nitrogens with two attached hydrogens (primary N) is 1. The Labute approximate surface area is 141 Å². The van der Waals surface area contributed by atoms with Crippen molar-refractivity contribution in [1.82, 2.24) is 10.1 Å². The van der Waals surface area contributed by atoms with Gasteiger partial charge in [-0.05, 0) is 36.1 Å². The molecule has 122 valence electrons. The Morgan fingerprint density at radius 2 is 1.96 bits per heavy atom. The Morgan fingerprint density at radius 3 is 2.83 bits per heavy atom. The molecule has 4 rings (SSSR count). The summed E-state index contributed by atoms with van der Waals surface area (Å²) in [6.45, 7) is 1.60. The minimum Gasteiger partial charge on any atom is -0.398 e. The molecule has 2 aromatic carbocycles. The number of benzene rings is 2. The van der Waals surface area contributed by atoms with Crippen molar-refractivity contribution in [2.45, 2.75) is 25.8 Å². The zero-order valence-electron chi connectivity index (χ0n) is 13.5. The van der Waals surface area contributed by atoms with Crippen LogP contribution in [0.1, 0.15) is 29.3 Å². The highest BCUT2D eigenvalue weighted by atomic mass is 16.5. The van der Waals surface area contributed by atoms with Crippen LogP contribution in [-0.2, 0) is 19.4 Å². The minimum absolute atomic E-state index is 0.623. The molecule has 5 heteroatoms. The van der Waals surface area contributed by atoms with Gasteiger partial charge in [0.25, 0.3) is 0 Å². The number of anilines is 2. The van der Waals surface area contributed by atoms with Crippen molar-refractivity contribution >= 4 is 11.4 Å².